The van der Waals surface area contributed by atoms with Crippen LogP contribution in [-0.2, 0) is 12.8 Å². The summed E-state index contributed by atoms with van der Waals surface area (Å²) >= 11 is 0. The van der Waals surface area contributed by atoms with Crippen LogP contribution in [0.5, 0.6) is 0 Å². The van der Waals surface area contributed by atoms with Gasteiger partial charge in [0.1, 0.15) is 5.76 Å². The van der Waals surface area contributed by atoms with Crippen LogP contribution in [0.3, 0.4) is 0 Å². The van der Waals surface area contributed by atoms with Gasteiger partial charge in [0.2, 0.25) is 0 Å². The molecule has 18 heavy (non-hydrogen) atoms. The number of aryl methyl sites for hydroxylation is 1. The second-order valence-corrected chi connectivity index (χ2v) is 6.69. The monoisotopic (exact) mass is 250 g/mol. The minimum absolute atomic E-state index is 0.0417. The molecule has 1 saturated carbocycles. The SMILES string of the molecule is Cc1coc2c1C[C@@H]1[C@](C)(CC[C@@H](O)[C@@]1(C)O)C2. The van der Waals surface area contributed by atoms with Gasteiger partial charge in [0.05, 0.1) is 18.0 Å². The Bertz CT molecular complexity index is 474. The van der Waals surface area contributed by atoms with E-state index in [4.69, 9.17) is 4.42 Å². The Kier molecular flexibility index (Phi) is 2.46. The van der Waals surface area contributed by atoms with E-state index in [9.17, 15) is 10.2 Å². The number of fused-ring (bicyclic) bond motifs is 2. The van der Waals surface area contributed by atoms with Gasteiger partial charge in [-0.05, 0) is 55.6 Å². The van der Waals surface area contributed by atoms with Crippen LogP contribution in [0.4, 0.5) is 0 Å². The quantitative estimate of drug-likeness (QED) is 0.742. The summed E-state index contributed by atoms with van der Waals surface area (Å²) in [7, 11) is 0. The summed E-state index contributed by atoms with van der Waals surface area (Å²) < 4.78 is 5.65. The lowest BCUT2D eigenvalue weighted by atomic mass is 9.54. The van der Waals surface area contributed by atoms with Gasteiger partial charge in [0.25, 0.3) is 0 Å². The van der Waals surface area contributed by atoms with Gasteiger partial charge in [-0.3, -0.25) is 0 Å². The highest BCUT2D eigenvalue weighted by molar-refractivity contribution is 5.32. The maximum atomic E-state index is 10.7. The molecule has 2 aliphatic carbocycles. The van der Waals surface area contributed by atoms with Crippen molar-refractivity contribution in [1.29, 1.82) is 0 Å². The summed E-state index contributed by atoms with van der Waals surface area (Å²) in [4.78, 5) is 0. The van der Waals surface area contributed by atoms with Crippen LogP contribution >= 0.6 is 0 Å². The van der Waals surface area contributed by atoms with Crippen LogP contribution in [0.1, 0.15) is 43.6 Å². The van der Waals surface area contributed by atoms with Gasteiger partial charge in [-0.25, -0.2) is 0 Å². The summed E-state index contributed by atoms with van der Waals surface area (Å²) in [6, 6.07) is 0. The van der Waals surface area contributed by atoms with Crippen LogP contribution in [0, 0.1) is 18.3 Å². The first kappa shape index (κ1) is 12.2. The average molecular weight is 250 g/mol. The lowest BCUT2D eigenvalue weighted by Gasteiger charge is -2.53. The molecule has 0 unspecified atom stereocenters. The zero-order chi connectivity index (χ0) is 13.1. The first-order valence-electron chi connectivity index (χ1n) is 6.81. The topological polar surface area (TPSA) is 53.6 Å². The van der Waals surface area contributed by atoms with E-state index < -0.39 is 11.7 Å². The minimum Gasteiger partial charge on any atom is -0.469 e. The molecule has 1 aromatic rings. The molecule has 3 nitrogen and oxygen atoms in total. The van der Waals surface area contributed by atoms with E-state index in [1.54, 1.807) is 6.92 Å². The lowest BCUT2D eigenvalue weighted by Crippen LogP contribution is -2.59. The smallest absolute Gasteiger partial charge is 0.107 e. The van der Waals surface area contributed by atoms with E-state index in [2.05, 4.69) is 13.8 Å². The second-order valence-electron chi connectivity index (χ2n) is 6.69. The maximum Gasteiger partial charge on any atom is 0.107 e. The van der Waals surface area contributed by atoms with Crippen molar-refractivity contribution in [3.05, 3.63) is 23.2 Å². The van der Waals surface area contributed by atoms with Crippen LogP contribution < -0.4 is 0 Å². The van der Waals surface area contributed by atoms with Crippen LogP contribution in [0.25, 0.3) is 0 Å². The summed E-state index contributed by atoms with van der Waals surface area (Å²) in [5, 5.41) is 20.8. The van der Waals surface area contributed by atoms with Gasteiger partial charge in [-0.2, -0.15) is 0 Å². The number of hydrogen-bond donors (Lipinski definition) is 2. The zero-order valence-corrected chi connectivity index (χ0v) is 11.4. The van der Waals surface area contributed by atoms with E-state index in [-0.39, 0.29) is 11.3 Å². The molecule has 0 saturated heterocycles. The maximum absolute atomic E-state index is 10.7. The highest BCUT2D eigenvalue weighted by Crippen LogP contribution is 2.53. The van der Waals surface area contributed by atoms with Crippen molar-refractivity contribution in [2.45, 2.75) is 58.2 Å². The number of aliphatic hydroxyl groups excluding tert-OH is 1. The Hall–Kier alpha value is -0.800. The molecule has 3 heteroatoms. The number of hydrogen-bond acceptors (Lipinski definition) is 3. The molecule has 100 valence electrons. The lowest BCUT2D eigenvalue weighted by molar-refractivity contribution is -0.170. The van der Waals surface area contributed by atoms with E-state index in [0.29, 0.717) is 6.42 Å². The summed E-state index contributed by atoms with van der Waals surface area (Å²) in [5.74, 6) is 1.19. The van der Waals surface area contributed by atoms with E-state index in [0.717, 1.165) is 25.0 Å². The second kappa shape index (κ2) is 3.61. The van der Waals surface area contributed by atoms with E-state index >= 15 is 0 Å². The molecular weight excluding hydrogens is 228 g/mol. The van der Waals surface area contributed by atoms with Crippen LogP contribution in [0.2, 0.25) is 0 Å². The molecule has 2 aliphatic rings. The van der Waals surface area contributed by atoms with Gasteiger partial charge >= 0.3 is 0 Å². The Balaban J connectivity index is 2.05. The number of rotatable bonds is 0. The Morgan fingerprint density at radius 1 is 1.39 bits per heavy atom. The third kappa shape index (κ3) is 1.50. The highest BCUT2D eigenvalue weighted by Gasteiger charge is 2.55. The van der Waals surface area contributed by atoms with Gasteiger partial charge in [-0.15, -0.1) is 0 Å². The third-order valence-electron chi connectivity index (χ3n) is 5.37. The van der Waals surface area contributed by atoms with Crippen molar-refractivity contribution in [2.75, 3.05) is 0 Å². The molecule has 3 rings (SSSR count). The molecule has 0 aliphatic heterocycles. The fraction of sp³-hybridized carbons (Fsp3) is 0.733. The Morgan fingerprint density at radius 2 is 2.11 bits per heavy atom. The van der Waals surface area contributed by atoms with Crippen molar-refractivity contribution in [3.8, 4) is 0 Å². The molecule has 0 spiro atoms. The molecule has 0 aromatic carbocycles. The third-order valence-corrected chi connectivity index (χ3v) is 5.37. The molecular formula is C15H22O3. The minimum atomic E-state index is -0.992. The van der Waals surface area contributed by atoms with Crippen molar-refractivity contribution in [2.24, 2.45) is 11.3 Å². The molecule has 1 aromatic heterocycles. The van der Waals surface area contributed by atoms with Gasteiger partial charge in [0.15, 0.2) is 0 Å². The first-order valence-corrected chi connectivity index (χ1v) is 6.81. The molecule has 1 heterocycles. The number of furan rings is 1. The van der Waals surface area contributed by atoms with Crippen molar-refractivity contribution in [3.63, 3.8) is 0 Å². The van der Waals surface area contributed by atoms with Crippen molar-refractivity contribution >= 4 is 0 Å². The van der Waals surface area contributed by atoms with Crippen LogP contribution in [0.15, 0.2) is 10.7 Å². The van der Waals surface area contributed by atoms with Gasteiger partial charge in [0, 0.05) is 6.42 Å². The van der Waals surface area contributed by atoms with Crippen LogP contribution in [-0.4, -0.2) is 21.9 Å². The van der Waals surface area contributed by atoms with Gasteiger partial charge < -0.3 is 14.6 Å². The van der Waals surface area contributed by atoms with Gasteiger partial charge in [-0.1, -0.05) is 6.92 Å². The molecule has 0 amide bonds. The van der Waals surface area contributed by atoms with E-state index in [1.165, 1.54) is 11.1 Å². The largest absolute Gasteiger partial charge is 0.469 e. The van der Waals surface area contributed by atoms with Crippen molar-refractivity contribution < 1.29 is 14.6 Å². The average Bonchev–Trinajstić information content (AvgIpc) is 2.64. The Morgan fingerprint density at radius 3 is 2.83 bits per heavy atom. The summed E-state index contributed by atoms with van der Waals surface area (Å²) in [6.45, 7) is 6.07. The molecule has 2 N–H and O–H groups in total. The number of aliphatic hydroxyl groups is 2. The fourth-order valence-corrected chi connectivity index (χ4v) is 4.05. The molecule has 0 radical (unpaired) electrons. The van der Waals surface area contributed by atoms with E-state index in [1.807, 2.05) is 6.26 Å². The standard InChI is InChI=1S/C15H22O3/c1-9-8-18-11-7-14(2)5-4-13(16)15(3,17)12(14)6-10(9)11/h8,12-13,16-17H,4-7H2,1-3H3/t12-,13-,14-,15+/m1/s1. The molecule has 0 bridgehead atoms. The summed E-state index contributed by atoms with van der Waals surface area (Å²) in [5.41, 5.74) is 1.46. The first-order chi connectivity index (χ1) is 8.34. The highest BCUT2D eigenvalue weighted by atomic mass is 16.3. The van der Waals surface area contributed by atoms with Crippen molar-refractivity contribution in [1.82, 2.24) is 0 Å². The zero-order valence-electron chi connectivity index (χ0n) is 11.4. The predicted octanol–water partition coefficient (Wildman–Crippen LogP) is 2.21. The summed E-state index contributed by atoms with van der Waals surface area (Å²) in [6.07, 6.45) is 4.53. The molecule has 1 fully saturated rings. The fourth-order valence-electron chi connectivity index (χ4n) is 4.05. The predicted molar refractivity (Wildman–Crippen MR) is 68.3 cm³/mol. The molecule has 4 atom stereocenters. The normalized spacial score (nSPS) is 43.4. The Labute approximate surface area is 108 Å².